The lowest BCUT2D eigenvalue weighted by Gasteiger charge is -2.26. The highest BCUT2D eigenvalue weighted by atomic mass is 35.5. The lowest BCUT2D eigenvalue weighted by Crippen LogP contribution is -2.32. The minimum absolute atomic E-state index is 0.545. The monoisotopic (exact) mass is 283 g/mol. The van der Waals surface area contributed by atoms with Crippen molar-refractivity contribution >= 4 is 11.6 Å². The Morgan fingerprint density at radius 1 is 1.00 bits per heavy atom. The second-order valence-corrected chi connectivity index (χ2v) is 5.20. The van der Waals surface area contributed by atoms with E-state index in [0.717, 1.165) is 18.9 Å². The molecule has 0 unspecified atom stereocenters. The molecule has 0 bridgehead atoms. The van der Waals surface area contributed by atoms with Crippen molar-refractivity contribution in [3.05, 3.63) is 29.3 Å². The van der Waals surface area contributed by atoms with E-state index in [-0.39, 0.29) is 0 Å². The second-order valence-electron chi connectivity index (χ2n) is 4.79. The number of rotatable bonds is 7. The van der Waals surface area contributed by atoms with Gasteiger partial charge >= 0.3 is 0 Å². The van der Waals surface area contributed by atoms with Gasteiger partial charge in [-0.2, -0.15) is 0 Å². The lowest BCUT2D eigenvalue weighted by molar-refractivity contribution is 0.0751. The Morgan fingerprint density at radius 3 is 2.58 bits per heavy atom. The molecule has 0 spiro atoms. The molecule has 1 heterocycles. The average molecular weight is 284 g/mol. The molecule has 0 aromatic heterocycles. The van der Waals surface area contributed by atoms with Crippen LogP contribution in [0.5, 0.6) is 5.75 Å². The van der Waals surface area contributed by atoms with Gasteiger partial charge < -0.3 is 14.4 Å². The van der Waals surface area contributed by atoms with E-state index in [0.29, 0.717) is 18.2 Å². The molecule has 1 fully saturated rings. The summed E-state index contributed by atoms with van der Waals surface area (Å²) in [5.74, 6) is 0.726. The van der Waals surface area contributed by atoms with Crippen molar-refractivity contribution in [3.8, 4) is 5.75 Å². The highest BCUT2D eigenvalue weighted by Gasteiger charge is 2.08. The maximum atomic E-state index is 5.99. The number of para-hydroxylation sites is 1. The Bertz CT molecular complexity index is 367. The molecular formula is C15H22ClNO2. The zero-order chi connectivity index (χ0) is 13.3. The summed E-state index contributed by atoms with van der Waals surface area (Å²) in [7, 11) is 0. The predicted octanol–water partition coefficient (Wildman–Crippen LogP) is 3.22. The van der Waals surface area contributed by atoms with E-state index < -0.39 is 0 Å². The number of hydrogen-bond donors (Lipinski definition) is 0. The number of piperidine rings is 1. The third kappa shape index (κ3) is 5.39. The van der Waals surface area contributed by atoms with Gasteiger partial charge in [0.25, 0.3) is 0 Å². The standard InChI is InChI=1S/C15H22ClNO2/c16-14-6-2-3-7-15(14)19-13-12-18-11-10-17-8-4-1-5-9-17/h2-3,6-7H,1,4-5,8-13H2. The third-order valence-corrected chi connectivity index (χ3v) is 3.63. The summed E-state index contributed by atoms with van der Waals surface area (Å²) in [6.07, 6.45) is 4.04. The largest absolute Gasteiger partial charge is 0.490 e. The molecule has 0 aliphatic carbocycles. The van der Waals surface area contributed by atoms with Crippen LogP contribution in [0.15, 0.2) is 24.3 Å². The van der Waals surface area contributed by atoms with Crippen LogP contribution in [-0.2, 0) is 4.74 Å². The Morgan fingerprint density at radius 2 is 1.79 bits per heavy atom. The topological polar surface area (TPSA) is 21.7 Å². The van der Waals surface area contributed by atoms with Crippen LogP contribution >= 0.6 is 11.6 Å². The van der Waals surface area contributed by atoms with Crippen molar-refractivity contribution < 1.29 is 9.47 Å². The van der Waals surface area contributed by atoms with Crippen molar-refractivity contribution in [2.24, 2.45) is 0 Å². The molecule has 1 saturated heterocycles. The third-order valence-electron chi connectivity index (χ3n) is 3.32. The number of halogens is 1. The highest BCUT2D eigenvalue weighted by Crippen LogP contribution is 2.22. The van der Waals surface area contributed by atoms with Crippen molar-refractivity contribution in [2.75, 3.05) is 39.5 Å². The summed E-state index contributed by atoms with van der Waals surface area (Å²) in [6, 6.07) is 7.51. The van der Waals surface area contributed by atoms with Crippen LogP contribution in [0.3, 0.4) is 0 Å². The van der Waals surface area contributed by atoms with E-state index >= 15 is 0 Å². The fourth-order valence-electron chi connectivity index (χ4n) is 2.25. The van der Waals surface area contributed by atoms with Gasteiger partial charge in [0.15, 0.2) is 0 Å². The Kier molecular flexibility index (Phi) is 6.48. The van der Waals surface area contributed by atoms with Crippen LogP contribution in [0.2, 0.25) is 5.02 Å². The van der Waals surface area contributed by atoms with Crippen molar-refractivity contribution in [2.45, 2.75) is 19.3 Å². The Hall–Kier alpha value is -0.770. The molecule has 106 valence electrons. The first-order valence-corrected chi connectivity index (χ1v) is 7.41. The molecule has 1 aliphatic heterocycles. The lowest BCUT2D eigenvalue weighted by atomic mass is 10.1. The Labute approximate surface area is 120 Å². The average Bonchev–Trinajstić information content (AvgIpc) is 2.45. The maximum absolute atomic E-state index is 5.99. The zero-order valence-electron chi connectivity index (χ0n) is 11.3. The van der Waals surface area contributed by atoms with E-state index in [1.54, 1.807) is 0 Å². The summed E-state index contributed by atoms with van der Waals surface area (Å²) in [6.45, 7) is 5.42. The number of likely N-dealkylation sites (tertiary alicyclic amines) is 1. The summed E-state index contributed by atoms with van der Waals surface area (Å²) in [5, 5.41) is 0.649. The first kappa shape index (κ1) is 14.6. The van der Waals surface area contributed by atoms with Gasteiger partial charge in [-0.1, -0.05) is 30.2 Å². The molecule has 3 nitrogen and oxygen atoms in total. The van der Waals surface area contributed by atoms with Crippen molar-refractivity contribution in [1.82, 2.24) is 4.90 Å². The summed E-state index contributed by atoms with van der Waals surface area (Å²) in [4.78, 5) is 2.47. The Balaban J connectivity index is 1.51. The van der Waals surface area contributed by atoms with Gasteiger partial charge in [0.05, 0.1) is 18.2 Å². The second kappa shape index (κ2) is 8.41. The molecule has 1 aliphatic rings. The van der Waals surface area contributed by atoms with E-state index in [4.69, 9.17) is 21.1 Å². The minimum Gasteiger partial charge on any atom is -0.490 e. The summed E-state index contributed by atoms with van der Waals surface area (Å²) < 4.78 is 11.1. The van der Waals surface area contributed by atoms with Crippen LogP contribution in [0.25, 0.3) is 0 Å². The van der Waals surface area contributed by atoms with E-state index in [1.165, 1.54) is 32.4 Å². The molecule has 0 radical (unpaired) electrons. The summed E-state index contributed by atoms with van der Waals surface area (Å²) in [5.41, 5.74) is 0. The van der Waals surface area contributed by atoms with Gasteiger partial charge in [-0.25, -0.2) is 0 Å². The molecule has 1 aromatic rings. The van der Waals surface area contributed by atoms with Crippen LogP contribution in [-0.4, -0.2) is 44.4 Å². The number of hydrogen-bond acceptors (Lipinski definition) is 3. The molecule has 2 rings (SSSR count). The zero-order valence-corrected chi connectivity index (χ0v) is 12.1. The smallest absolute Gasteiger partial charge is 0.138 e. The normalized spacial score (nSPS) is 16.5. The fourth-order valence-corrected chi connectivity index (χ4v) is 2.44. The molecule has 0 N–H and O–H groups in total. The van der Waals surface area contributed by atoms with Crippen LogP contribution in [0.1, 0.15) is 19.3 Å². The van der Waals surface area contributed by atoms with Gasteiger partial charge in [-0.3, -0.25) is 0 Å². The molecule has 0 atom stereocenters. The van der Waals surface area contributed by atoms with Gasteiger partial charge in [0.1, 0.15) is 12.4 Å². The first-order valence-electron chi connectivity index (χ1n) is 7.04. The molecule has 19 heavy (non-hydrogen) atoms. The van der Waals surface area contributed by atoms with Gasteiger partial charge in [-0.15, -0.1) is 0 Å². The van der Waals surface area contributed by atoms with Crippen molar-refractivity contribution in [3.63, 3.8) is 0 Å². The molecule has 0 saturated carbocycles. The highest BCUT2D eigenvalue weighted by molar-refractivity contribution is 6.32. The van der Waals surface area contributed by atoms with E-state index in [9.17, 15) is 0 Å². The van der Waals surface area contributed by atoms with Crippen molar-refractivity contribution in [1.29, 1.82) is 0 Å². The fraction of sp³-hybridized carbons (Fsp3) is 0.600. The SMILES string of the molecule is Clc1ccccc1OCCOCCN1CCCCC1. The van der Waals surface area contributed by atoms with Gasteiger partial charge in [0.2, 0.25) is 0 Å². The molecule has 1 aromatic carbocycles. The number of ether oxygens (including phenoxy) is 2. The quantitative estimate of drug-likeness (QED) is 0.717. The molecular weight excluding hydrogens is 262 g/mol. The van der Waals surface area contributed by atoms with E-state index in [2.05, 4.69) is 4.90 Å². The van der Waals surface area contributed by atoms with Gasteiger partial charge in [-0.05, 0) is 38.1 Å². The van der Waals surface area contributed by atoms with Crippen LogP contribution in [0.4, 0.5) is 0 Å². The predicted molar refractivity (Wildman–Crippen MR) is 78.1 cm³/mol. The molecule has 0 amide bonds. The van der Waals surface area contributed by atoms with Crippen LogP contribution < -0.4 is 4.74 Å². The minimum atomic E-state index is 0.545. The summed E-state index contributed by atoms with van der Waals surface area (Å²) >= 11 is 5.99. The molecule has 4 heteroatoms. The maximum Gasteiger partial charge on any atom is 0.138 e. The van der Waals surface area contributed by atoms with Gasteiger partial charge in [0, 0.05) is 6.54 Å². The number of benzene rings is 1. The number of nitrogens with zero attached hydrogens (tertiary/aromatic N) is 1. The van der Waals surface area contributed by atoms with Crippen LogP contribution in [0, 0.1) is 0 Å². The first-order chi connectivity index (χ1) is 9.36. The van der Waals surface area contributed by atoms with E-state index in [1.807, 2.05) is 24.3 Å².